The Morgan fingerprint density at radius 1 is 0.914 bits per heavy atom. The van der Waals surface area contributed by atoms with Crippen LogP contribution in [0.3, 0.4) is 0 Å². The van der Waals surface area contributed by atoms with E-state index >= 15 is 0 Å². The zero-order valence-corrected chi connectivity index (χ0v) is 18.8. The maximum atomic E-state index is 12.4. The van der Waals surface area contributed by atoms with E-state index in [9.17, 15) is 14.9 Å². The lowest BCUT2D eigenvalue weighted by Gasteiger charge is -2.26. The van der Waals surface area contributed by atoms with Crippen LogP contribution in [0.1, 0.15) is 17.3 Å². The number of nitrogens with zero attached hydrogens (tertiary/aromatic N) is 4. The standard InChI is InChI=1S/C25H22N6O4/c1-2-35-25(32)20-15-9-10-16-21(20)28-23-22(31(33)34)24(27-17-26-23)29-30(18-11-5-3-6-12-18)19-13-7-4-8-14-19/h3-17H,2H2,1H3,(H2,26,27,28,29). The summed E-state index contributed by atoms with van der Waals surface area (Å²) in [6.45, 7) is 1.90. The molecule has 1 heterocycles. The van der Waals surface area contributed by atoms with Crippen LogP contribution < -0.4 is 15.8 Å². The van der Waals surface area contributed by atoms with Gasteiger partial charge in [0.15, 0.2) is 0 Å². The molecular weight excluding hydrogens is 448 g/mol. The topological polar surface area (TPSA) is 123 Å². The Hall–Kier alpha value is -4.99. The fourth-order valence-electron chi connectivity index (χ4n) is 3.37. The molecule has 10 heteroatoms. The molecule has 4 aromatic rings. The van der Waals surface area contributed by atoms with E-state index in [2.05, 4.69) is 20.7 Å². The Bertz CT molecular complexity index is 1280. The molecule has 0 spiro atoms. The molecule has 3 aromatic carbocycles. The number of aromatic nitrogens is 2. The molecule has 0 aliphatic heterocycles. The molecule has 0 unspecified atom stereocenters. The molecule has 0 amide bonds. The quantitative estimate of drug-likeness (QED) is 0.186. The van der Waals surface area contributed by atoms with Crippen LogP contribution in [-0.2, 0) is 4.74 Å². The van der Waals surface area contributed by atoms with Crippen LogP contribution in [0.2, 0.25) is 0 Å². The van der Waals surface area contributed by atoms with Crippen molar-refractivity contribution in [3.63, 3.8) is 0 Å². The second-order valence-electron chi connectivity index (χ2n) is 7.19. The molecule has 0 aliphatic rings. The predicted molar refractivity (Wildman–Crippen MR) is 133 cm³/mol. The number of carbonyl (C=O) groups excluding carboxylic acids is 1. The van der Waals surface area contributed by atoms with Crippen LogP contribution in [0.15, 0.2) is 91.3 Å². The smallest absolute Gasteiger partial charge is 0.355 e. The first-order valence-electron chi connectivity index (χ1n) is 10.8. The van der Waals surface area contributed by atoms with E-state index < -0.39 is 10.9 Å². The summed E-state index contributed by atoms with van der Waals surface area (Å²) in [5, 5.41) is 16.7. The summed E-state index contributed by atoms with van der Waals surface area (Å²) in [7, 11) is 0. The number of nitrogens with one attached hydrogen (secondary N) is 2. The normalized spacial score (nSPS) is 10.3. The van der Waals surface area contributed by atoms with Crippen molar-refractivity contribution in [1.29, 1.82) is 0 Å². The largest absolute Gasteiger partial charge is 0.462 e. The van der Waals surface area contributed by atoms with E-state index in [-0.39, 0.29) is 29.5 Å². The second-order valence-corrected chi connectivity index (χ2v) is 7.19. The van der Waals surface area contributed by atoms with E-state index in [0.717, 1.165) is 11.4 Å². The van der Waals surface area contributed by atoms with Crippen molar-refractivity contribution in [3.8, 4) is 0 Å². The highest BCUT2D eigenvalue weighted by molar-refractivity contribution is 5.97. The molecule has 4 rings (SSSR count). The number of hydrogen-bond acceptors (Lipinski definition) is 9. The summed E-state index contributed by atoms with van der Waals surface area (Å²) in [5.74, 6) is -0.663. The monoisotopic (exact) mass is 470 g/mol. The molecule has 0 aliphatic carbocycles. The SMILES string of the molecule is CCOC(=O)c1ccccc1Nc1ncnc(NN(c2ccccc2)c2ccccc2)c1[N+](=O)[O-]. The minimum atomic E-state index is -0.578. The lowest BCUT2D eigenvalue weighted by Crippen LogP contribution is -2.26. The van der Waals surface area contributed by atoms with Crippen molar-refractivity contribution < 1.29 is 14.5 Å². The number of para-hydroxylation sites is 3. The lowest BCUT2D eigenvalue weighted by molar-refractivity contribution is -0.383. The molecule has 0 atom stereocenters. The Labute approximate surface area is 201 Å². The fraction of sp³-hybridized carbons (Fsp3) is 0.0800. The van der Waals surface area contributed by atoms with Gasteiger partial charge in [-0.15, -0.1) is 0 Å². The summed E-state index contributed by atoms with van der Waals surface area (Å²) < 4.78 is 5.09. The van der Waals surface area contributed by atoms with Gasteiger partial charge in [-0.1, -0.05) is 48.5 Å². The highest BCUT2D eigenvalue weighted by Gasteiger charge is 2.26. The molecule has 35 heavy (non-hydrogen) atoms. The predicted octanol–water partition coefficient (Wildman–Crippen LogP) is 5.47. The molecule has 2 N–H and O–H groups in total. The fourth-order valence-corrected chi connectivity index (χ4v) is 3.37. The van der Waals surface area contributed by atoms with Crippen LogP contribution in [0, 0.1) is 10.1 Å². The number of benzene rings is 3. The van der Waals surface area contributed by atoms with Crippen LogP contribution in [-0.4, -0.2) is 27.5 Å². The Morgan fingerprint density at radius 2 is 1.49 bits per heavy atom. The number of nitro groups is 1. The summed E-state index contributed by atoms with van der Waals surface area (Å²) >= 11 is 0. The number of hydrazine groups is 1. The van der Waals surface area contributed by atoms with Crippen LogP contribution in [0.4, 0.5) is 34.4 Å². The Balaban J connectivity index is 1.74. The van der Waals surface area contributed by atoms with Crippen LogP contribution >= 0.6 is 0 Å². The van der Waals surface area contributed by atoms with Crippen molar-refractivity contribution in [1.82, 2.24) is 9.97 Å². The summed E-state index contributed by atoms with van der Waals surface area (Å²) in [6, 6.07) is 25.2. The van der Waals surface area contributed by atoms with Gasteiger partial charge in [-0.25, -0.2) is 14.8 Å². The highest BCUT2D eigenvalue weighted by atomic mass is 16.6. The molecule has 0 bridgehead atoms. The van der Waals surface area contributed by atoms with Gasteiger partial charge in [-0.3, -0.25) is 20.5 Å². The Kier molecular flexibility index (Phi) is 7.12. The minimum absolute atomic E-state index is 0.0335. The minimum Gasteiger partial charge on any atom is -0.462 e. The van der Waals surface area contributed by atoms with Crippen LogP contribution in [0.5, 0.6) is 0 Å². The molecule has 0 saturated carbocycles. The average molecular weight is 470 g/mol. The van der Waals surface area contributed by atoms with Crippen molar-refractivity contribution in [2.24, 2.45) is 0 Å². The summed E-state index contributed by atoms with van der Waals surface area (Å²) in [6.07, 6.45) is 1.21. The molecule has 176 valence electrons. The van der Waals surface area contributed by atoms with Gasteiger partial charge in [0.05, 0.1) is 34.2 Å². The van der Waals surface area contributed by atoms with Gasteiger partial charge in [-0.2, -0.15) is 0 Å². The number of rotatable bonds is 9. The third-order valence-electron chi connectivity index (χ3n) is 4.93. The third-order valence-corrected chi connectivity index (χ3v) is 4.93. The van der Waals surface area contributed by atoms with Gasteiger partial charge in [0, 0.05) is 0 Å². The van der Waals surface area contributed by atoms with Crippen molar-refractivity contribution in [2.75, 3.05) is 22.4 Å². The van der Waals surface area contributed by atoms with E-state index in [1.165, 1.54) is 6.33 Å². The number of esters is 1. The maximum absolute atomic E-state index is 12.4. The van der Waals surface area contributed by atoms with Crippen molar-refractivity contribution in [2.45, 2.75) is 6.92 Å². The van der Waals surface area contributed by atoms with E-state index in [1.807, 2.05) is 60.7 Å². The third kappa shape index (κ3) is 5.33. The highest BCUT2D eigenvalue weighted by Crippen LogP contribution is 2.34. The van der Waals surface area contributed by atoms with Gasteiger partial charge in [0.2, 0.25) is 11.6 Å². The first-order valence-corrected chi connectivity index (χ1v) is 10.8. The Morgan fingerprint density at radius 3 is 2.09 bits per heavy atom. The van der Waals surface area contributed by atoms with Crippen LogP contribution in [0.25, 0.3) is 0 Å². The van der Waals surface area contributed by atoms with Gasteiger partial charge in [0.1, 0.15) is 6.33 Å². The average Bonchev–Trinajstić information content (AvgIpc) is 2.88. The first-order chi connectivity index (χ1) is 17.1. The van der Waals surface area contributed by atoms with E-state index in [1.54, 1.807) is 36.2 Å². The van der Waals surface area contributed by atoms with Crippen molar-refractivity contribution in [3.05, 3.63) is 107 Å². The molecule has 0 fully saturated rings. The van der Waals surface area contributed by atoms with Gasteiger partial charge < -0.3 is 10.1 Å². The van der Waals surface area contributed by atoms with E-state index in [4.69, 9.17) is 4.74 Å². The van der Waals surface area contributed by atoms with Gasteiger partial charge in [-0.05, 0) is 43.3 Å². The zero-order valence-electron chi connectivity index (χ0n) is 18.8. The van der Waals surface area contributed by atoms with Gasteiger partial charge >= 0.3 is 11.7 Å². The van der Waals surface area contributed by atoms with Gasteiger partial charge in [0.25, 0.3) is 0 Å². The summed E-state index contributed by atoms with van der Waals surface area (Å²) in [4.78, 5) is 32.1. The molecule has 0 saturated heterocycles. The van der Waals surface area contributed by atoms with E-state index in [0.29, 0.717) is 5.69 Å². The number of anilines is 5. The molecular formula is C25H22N6O4. The molecule has 10 nitrogen and oxygen atoms in total. The number of carbonyl (C=O) groups is 1. The molecule has 0 radical (unpaired) electrons. The lowest BCUT2D eigenvalue weighted by atomic mass is 10.2. The van der Waals surface area contributed by atoms with Crippen molar-refractivity contribution >= 4 is 40.4 Å². The number of ether oxygens (including phenoxy) is 1. The second kappa shape index (κ2) is 10.8. The summed E-state index contributed by atoms with van der Waals surface area (Å²) in [5.41, 5.74) is 4.71. The maximum Gasteiger partial charge on any atom is 0.355 e. The number of hydrogen-bond donors (Lipinski definition) is 2. The zero-order chi connectivity index (χ0) is 24.6. The first kappa shape index (κ1) is 23.2. The molecule has 1 aromatic heterocycles.